The first-order valence-electron chi connectivity index (χ1n) is 6.21. The molecule has 0 spiro atoms. The van der Waals surface area contributed by atoms with Crippen molar-refractivity contribution in [3.63, 3.8) is 0 Å². The van der Waals surface area contributed by atoms with Gasteiger partial charge in [0.05, 0.1) is 13.2 Å². The minimum atomic E-state index is 0.000906. The highest BCUT2D eigenvalue weighted by molar-refractivity contribution is 5.51. The van der Waals surface area contributed by atoms with Gasteiger partial charge in [0.25, 0.3) is 0 Å². The second-order valence-electron chi connectivity index (χ2n) is 4.59. The zero-order chi connectivity index (χ0) is 12.8. The Kier molecular flexibility index (Phi) is 5.29. The summed E-state index contributed by atoms with van der Waals surface area (Å²) in [4.78, 5) is 0. The lowest BCUT2D eigenvalue weighted by Crippen LogP contribution is -2.21. The van der Waals surface area contributed by atoms with Crippen LogP contribution in [0.2, 0.25) is 0 Å². The number of nitrogens with one attached hydrogen (secondary N) is 1. The van der Waals surface area contributed by atoms with Crippen molar-refractivity contribution >= 4 is 5.69 Å². The third kappa shape index (κ3) is 3.93. The first kappa shape index (κ1) is 13.8. The van der Waals surface area contributed by atoms with Gasteiger partial charge in [0.2, 0.25) is 0 Å². The largest absolute Gasteiger partial charge is 0.494 e. The van der Waals surface area contributed by atoms with Gasteiger partial charge >= 0.3 is 0 Å². The maximum absolute atomic E-state index is 9.31. The standard InChI is InChI=1S/C14H23NO2/c1-5-17-14-7-6-13(8-12(14)9-16)15-11(4)10(2)3/h6-8,10-11,15-16H,5,9H2,1-4H3. The number of hydrogen-bond acceptors (Lipinski definition) is 3. The maximum Gasteiger partial charge on any atom is 0.124 e. The smallest absolute Gasteiger partial charge is 0.124 e. The van der Waals surface area contributed by atoms with Crippen molar-refractivity contribution in [3.05, 3.63) is 23.8 Å². The fourth-order valence-electron chi connectivity index (χ4n) is 1.52. The van der Waals surface area contributed by atoms with Crippen LogP contribution in [0.15, 0.2) is 18.2 Å². The number of hydrogen-bond donors (Lipinski definition) is 2. The molecule has 1 aromatic carbocycles. The van der Waals surface area contributed by atoms with Crippen molar-refractivity contribution < 1.29 is 9.84 Å². The topological polar surface area (TPSA) is 41.5 Å². The Bertz CT molecular complexity index is 350. The van der Waals surface area contributed by atoms with Gasteiger partial charge in [0, 0.05) is 17.3 Å². The minimum absolute atomic E-state index is 0.000906. The van der Waals surface area contributed by atoms with Crippen molar-refractivity contribution in [2.75, 3.05) is 11.9 Å². The van der Waals surface area contributed by atoms with Crippen LogP contribution < -0.4 is 10.1 Å². The van der Waals surface area contributed by atoms with E-state index in [1.54, 1.807) is 0 Å². The van der Waals surface area contributed by atoms with E-state index >= 15 is 0 Å². The molecule has 0 aliphatic carbocycles. The van der Waals surface area contributed by atoms with Crippen LogP contribution in [0.3, 0.4) is 0 Å². The Morgan fingerprint density at radius 3 is 2.53 bits per heavy atom. The third-order valence-corrected chi connectivity index (χ3v) is 2.93. The summed E-state index contributed by atoms with van der Waals surface area (Å²) in [5.41, 5.74) is 1.85. The lowest BCUT2D eigenvalue weighted by molar-refractivity contribution is 0.267. The zero-order valence-corrected chi connectivity index (χ0v) is 11.2. The number of rotatable bonds is 6. The molecule has 1 atom stereocenters. The molecule has 3 nitrogen and oxygen atoms in total. The summed E-state index contributed by atoms with van der Waals surface area (Å²) in [6, 6.07) is 6.25. The van der Waals surface area contributed by atoms with Gasteiger partial charge in [-0.2, -0.15) is 0 Å². The molecule has 96 valence electrons. The maximum atomic E-state index is 9.31. The van der Waals surface area contributed by atoms with Crippen LogP contribution in [0.25, 0.3) is 0 Å². The molecule has 0 bridgehead atoms. The molecule has 0 aromatic heterocycles. The van der Waals surface area contributed by atoms with Crippen LogP contribution in [-0.4, -0.2) is 17.8 Å². The normalized spacial score (nSPS) is 12.6. The summed E-state index contributed by atoms with van der Waals surface area (Å²) >= 11 is 0. The molecule has 0 saturated carbocycles. The van der Waals surface area contributed by atoms with E-state index < -0.39 is 0 Å². The molecule has 0 radical (unpaired) electrons. The molecule has 1 rings (SSSR count). The molecule has 3 heteroatoms. The third-order valence-electron chi connectivity index (χ3n) is 2.93. The minimum Gasteiger partial charge on any atom is -0.494 e. The predicted molar refractivity (Wildman–Crippen MR) is 71.5 cm³/mol. The zero-order valence-electron chi connectivity index (χ0n) is 11.2. The van der Waals surface area contributed by atoms with Crippen LogP contribution in [-0.2, 0) is 6.61 Å². The van der Waals surface area contributed by atoms with Crippen LogP contribution in [0.1, 0.15) is 33.3 Å². The quantitative estimate of drug-likeness (QED) is 0.799. The van der Waals surface area contributed by atoms with Crippen molar-refractivity contribution in [1.82, 2.24) is 0 Å². The fourth-order valence-corrected chi connectivity index (χ4v) is 1.52. The summed E-state index contributed by atoms with van der Waals surface area (Å²) in [7, 11) is 0. The summed E-state index contributed by atoms with van der Waals surface area (Å²) < 4.78 is 5.45. The van der Waals surface area contributed by atoms with Crippen molar-refractivity contribution in [2.45, 2.75) is 40.3 Å². The Morgan fingerprint density at radius 2 is 2.00 bits per heavy atom. The number of ether oxygens (including phenoxy) is 1. The highest BCUT2D eigenvalue weighted by atomic mass is 16.5. The Labute approximate surface area is 104 Å². The van der Waals surface area contributed by atoms with E-state index in [-0.39, 0.29) is 6.61 Å². The Hall–Kier alpha value is -1.22. The molecule has 1 aromatic rings. The molecule has 0 aliphatic heterocycles. The fraction of sp³-hybridized carbons (Fsp3) is 0.571. The van der Waals surface area contributed by atoms with E-state index in [9.17, 15) is 5.11 Å². The SMILES string of the molecule is CCOc1ccc(NC(C)C(C)C)cc1CO. The summed E-state index contributed by atoms with van der Waals surface area (Å²) in [6.45, 7) is 9.06. The first-order valence-corrected chi connectivity index (χ1v) is 6.21. The van der Waals surface area contributed by atoms with Gasteiger partial charge in [-0.3, -0.25) is 0 Å². The molecule has 0 saturated heterocycles. The lowest BCUT2D eigenvalue weighted by atomic mass is 10.1. The van der Waals surface area contributed by atoms with E-state index in [1.807, 2.05) is 25.1 Å². The van der Waals surface area contributed by atoms with Crippen molar-refractivity contribution in [3.8, 4) is 5.75 Å². The van der Waals surface area contributed by atoms with E-state index in [2.05, 4.69) is 26.1 Å². The van der Waals surface area contributed by atoms with Gasteiger partial charge in [0.1, 0.15) is 5.75 Å². The van der Waals surface area contributed by atoms with Gasteiger partial charge < -0.3 is 15.2 Å². The van der Waals surface area contributed by atoms with Gasteiger partial charge in [0.15, 0.2) is 0 Å². The molecular formula is C14H23NO2. The van der Waals surface area contributed by atoms with E-state index in [0.29, 0.717) is 18.6 Å². The molecule has 17 heavy (non-hydrogen) atoms. The average Bonchev–Trinajstić information content (AvgIpc) is 2.31. The van der Waals surface area contributed by atoms with Crippen LogP contribution in [0.5, 0.6) is 5.75 Å². The molecule has 0 heterocycles. The van der Waals surface area contributed by atoms with E-state index in [4.69, 9.17) is 4.74 Å². The second kappa shape index (κ2) is 6.50. The second-order valence-corrected chi connectivity index (χ2v) is 4.59. The van der Waals surface area contributed by atoms with Gasteiger partial charge in [-0.1, -0.05) is 13.8 Å². The average molecular weight is 237 g/mol. The highest BCUT2D eigenvalue weighted by Gasteiger charge is 2.08. The number of anilines is 1. The summed E-state index contributed by atoms with van der Waals surface area (Å²) in [5, 5.41) is 12.7. The van der Waals surface area contributed by atoms with Crippen LogP contribution in [0, 0.1) is 5.92 Å². The van der Waals surface area contributed by atoms with E-state index in [1.165, 1.54) is 0 Å². The van der Waals surface area contributed by atoms with E-state index in [0.717, 1.165) is 17.0 Å². The Morgan fingerprint density at radius 1 is 1.29 bits per heavy atom. The molecule has 0 aliphatic rings. The molecule has 2 N–H and O–H groups in total. The van der Waals surface area contributed by atoms with Gasteiger partial charge in [-0.25, -0.2) is 0 Å². The molecule has 1 unspecified atom stereocenters. The highest BCUT2D eigenvalue weighted by Crippen LogP contribution is 2.24. The van der Waals surface area contributed by atoms with Crippen LogP contribution >= 0.6 is 0 Å². The number of aliphatic hydroxyl groups is 1. The molecular weight excluding hydrogens is 214 g/mol. The number of benzene rings is 1. The monoisotopic (exact) mass is 237 g/mol. The van der Waals surface area contributed by atoms with Crippen LogP contribution in [0.4, 0.5) is 5.69 Å². The number of aliphatic hydroxyl groups excluding tert-OH is 1. The lowest BCUT2D eigenvalue weighted by Gasteiger charge is -2.20. The van der Waals surface area contributed by atoms with Gasteiger partial charge in [-0.15, -0.1) is 0 Å². The predicted octanol–water partition coefficient (Wildman–Crippen LogP) is 3.03. The summed E-state index contributed by atoms with van der Waals surface area (Å²) in [6.07, 6.45) is 0. The molecule has 0 fully saturated rings. The first-order chi connectivity index (χ1) is 8.08. The Balaban J connectivity index is 2.82. The summed E-state index contributed by atoms with van der Waals surface area (Å²) in [5.74, 6) is 1.33. The molecule has 0 amide bonds. The van der Waals surface area contributed by atoms with Crippen molar-refractivity contribution in [1.29, 1.82) is 0 Å². The van der Waals surface area contributed by atoms with Crippen molar-refractivity contribution in [2.24, 2.45) is 5.92 Å². The van der Waals surface area contributed by atoms with Gasteiger partial charge in [-0.05, 0) is 38.0 Å².